The normalized spacial score (nSPS) is 11.4. The molecular formula is C22H23FN2O3S2. The first-order valence-electron chi connectivity index (χ1n) is 9.28. The number of rotatable bonds is 6. The average molecular weight is 447 g/mol. The molecule has 0 aliphatic heterocycles. The van der Waals surface area contributed by atoms with E-state index in [9.17, 15) is 17.6 Å². The van der Waals surface area contributed by atoms with Crippen LogP contribution in [0.4, 0.5) is 10.1 Å². The molecule has 0 fully saturated rings. The van der Waals surface area contributed by atoms with Crippen molar-refractivity contribution in [3.05, 3.63) is 80.8 Å². The molecule has 0 aliphatic rings. The Bertz CT molecular complexity index is 1180. The minimum absolute atomic E-state index is 0.00941. The summed E-state index contributed by atoms with van der Waals surface area (Å²) in [7, 11) is -2.44. The average Bonchev–Trinajstić information content (AvgIpc) is 3.15. The highest BCUT2D eigenvalue weighted by Crippen LogP contribution is 2.32. The van der Waals surface area contributed by atoms with E-state index in [0.29, 0.717) is 16.7 Å². The molecule has 3 rings (SSSR count). The Morgan fingerprint density at radius 3 is 2.37 bits per heavy atom. The summed E-state index contributed by atoms with van der Waals surface area (Å²) in [5.74, 6) is -0.864. The minimum atomic E-state index is -3.87. The molecule has 30 heavy (non-hydrogen) atoms. The van der Waals surface area contributed by atoms with Crippen LogP contribution in [0.3, 0.4) is 0 Å². The number of nitrogens with one attached hydrogen (secondary N) is 1. The fourth-order valence-corrected chi connectivity index (χ4v) is 5.97. The number of anilines is 1. The van der Waals surface area contributed by atoms with Gasteiger partial charge in [-0.2, -0.15) is 0 Å². The molecule has 3 aromatic rings. The van der Waals surface area contributed by atoms with E-state index in [1.807, 2.05) is 19.1 Å². The van der Waals surface area contributed by atoms with Gasteiger partial charge in [-0.05, 0) is 49.4 Å². The van der Waals surface area contributed by atoms with Crippen LogP contribution in [0.5, 0.6) is 0 Å². The molecule has 2 aromatic carbocycles. The van der Waals surface area contributed by atoms with Crippen molar-refractivity contribution in [3.63, 3.8) is 0 Å². The van der Waals surface area contributed by atoms with Crippen molar-refractivity contribution < 1.29 is 17.6 Å². The van der Waals surface area contributed by atoms with Gasteiger partial charge in [-0.3, -0.25) is 9.10 Å². The Labute approximate surface area is 180 Å². The molecule has 0 unspecified atom stereocenters. The lowest BCUT2D eigenvalue weighted by Crippen LogP contribution is -2.30. The number of sulfonamides is 1. The third-order valence-electron chi connectivity index (χ3n) is 4.81. The van der Waals surface area contributed by atoms with Gasteiger partial charge in [-0.1, -0.05) is 35.9 Å². The summed E-state index contributed by atoms with van der Waals surface area (Å²) >= 11 is 1.14. The second-order valence-corrected chi connectivity index (χ2v) is 9.93. The molecule has 8 heteroatoms. The fraction of sp³-hybridized carbons (Fsp3) is 0.227. The molecular weight excluding hydrogens is 423 g/mol. The zero-order valence-corrected chi connectivity index (χ0v) is 18.8. The molecule has 1 aromatic heterocycles. The number of hydrogen-bond acceptors (Lipinski definition) is 4. The molecule has 0 atom stereocenters. The van der Waals surface area contributed by atoms with E-state index >= 15 is 0 Å². The number of thiophene rings is 1. The van der Waals surface area contributed by atoms with E-state index < -0.39 is 21.7 Å². The third kappa shape index (κ3) is 4.24. The van der Waals surface area contributed by atoms with E-state index in [2.05, 4.69) is 5.32 Å². The summed E-state index contributed by atoms with van der Waals surface area (Å²) in [4.78, 5) is 13.2. The summed E-state index contributed by atoms with van der Waals surface area (Å²) in [6.45, 7) is 5.44. The van der Waals surface area contributed by atoms with E-state index in [1.54, 1.807) is 43.5 Å². The topological polar surface area (TPSA) is 66.5 Å². The number of halogens is 1. The monoisotopic (exact) mass is 446 g/mol. The SMILES string of the molecule is Cc1cc(C)c(S(=O)(=O)N(C)c2ccsc2C(=O)NCc2ccccc2F)c(C)c1. The van der Waals surface area contributed by atoms with Crippen molar-refractivity contribution in [3.8, 4) is 0 Å². The van der Waals surface area contributed by atoms with Crippen LogP contribution in [0.25, 0.3) is 0 Å². The first kappa shape index (κ1) is 22.0. The number of carbonyl (C=O) groups excluding carboxylic acids is 1. The molecule has 0 spiro atoms. The van der Waals surface area contributed by atoms with Gasteiger partial charge in [0, 0.05) is 19.2 Å². The fourth-order valence-electron chi connectivity index (χ4n) is 3.46. The zero-order chi connectivity index (χ0) is 22.1. The lowest BCUT2D eigenvalue weighted by molar-refractivity contribution is 0.0955. The number of aryl methyl sites for hydroxylation is 3. The Kier molecular flexibility index (Phi) is 6.28. The van der Waals surface area contributed by atoms with Crippen molar-refractivity contribution in [1.29, 1.82) is 0 Å². The molecule has 5 nitrogen and oxygen atoms in total. The summed E-state index contributed by atoms with van der Waals surface area (Å²) in [5.41, 5.74) is 2.93. The number of nitrogens with zero attached hydrogens (tertiary/aromatic N) is 1. The Hall–Kier alpha value is -2.71. The summed E-state index contributed by atoms with van der Waals surface area (Å²) in [6.07, 6.45) is 0. The van der Waals surface area contributed by atoms with Crippen LogP contribution in [-0.2, 0) is 16.6 Å². The van der Waals surface area contributed by atoms with Crippen LogP contribution >= 0.6 is 11.3 Å². The van der Waals surface area contributed by atoms with Gasteiger partial charge in [-0.15, -0.1) is 11.3 Å². The molecule has 1 N–H and O–H groups in total. The zero-order valence-electron chi connectivity index (χ0n) is 17.2. The first-order chi connectivity index (χ1) is 14.1. The van der Waals surface area contributed by atoms with Crippen LogP contribution < -0.4 is 9.62 Å². The summed E-state index contributed by atoms with van der Waals surface area (Å²) in [6, 6.07) is 11.4. The highest BCUT2D eigenvalue weighted by molar-refractivity contribution is 7.93. The predicted molar refractivity (Wildman–Crippen MR) is 118 cm³/mol. The van der Waals surface area contributed by atoms with Gasteiger partial charge in [0.15, 0.2) is 0 Å². The lowest BCUT2D eigenvalue weighted by Gasteiger charge is -2.22. The molecule has 158 valence electrons. The summed E-state index contributed by atoms with van der Waals surface area (Å²) < 4.78 is 41.6. The first-order valence-corrected chi connectivity index (χ1v) is 11.6. The van der Waals surface area contributed by atoms with Gasteiger partial charge in [0.1, 0.15) is 10.7 Å². The standard InChI is InChI=1S/C22H23FN2O3S2/c1-14-11-15(2)21(16(3)12-14)30(27,28)25(4)19-9-10-29-20(19)22(26)24-13-17-7-5-6-8-18(17)23/h5-12H,13H2,1-4H3,(H,24,26). The van der Waals surface area contributed by atoms with Crippen LogP contribution in [0.15, 0.2) is 52.7 Å². The van der Waals surface area contributed by atoms with Crippen LogP contribution in [0, 0.1) is 26.6 Å². The Morgan fingerprint density at radius 2 is 1.73 bits per heavy atom. The van der Waals surface area contributed by atoms with Crippen molar-refractivity contribution in [2.24, 2.45) is 0 Å². The molecule has 1 heterocycles. The van der Waals surface area contributed by atoms with Crippen LogP contribution in [0.1, 0.15) is 31.9 Å². The predicted octanol–water partition coefficient (Wildman–Crippen LogP) is 4.57. The second-order valence-electron chi connectivity index (χ2n) is 7.11. The molecule has 0 bridgehead atoms. The third-order valence-corrected chi connectivity index (χ3v) is 7.79. The molecule has 0 saturated heterocycles. The quantitative estimate of drug-likeness (QED) is 0.603. The summed E-state index contributed by atoms with van der Waals surface area (Å²) in [5, 5.41) is 4.33. The Morgan fingerprint density at radius 1 is 1.10 bits per heavy atom. The van der Waals surface area contributed by atoms with Gasteiger partial charge in [0.2, 0.25) is 0 Å². The smallest absolute Gasteiger partial charge is 0.264 e. The highest BCUT2D eigenvalue weighted by Gasteiger charge is 2.29. The molecule has 0 aliphatic carbocycles. The van der Waals surface area contributed by atoms with Gasteiger partial charge in [0.25, 0.3) is 15.9 Å². The van der Waals surface area contributed by atoms with Crippen molar-refractivity contribution in [2.75, 3.05) is 11.4 Å². The van der Waals surface area contributed by atoms with Crippen LogP contribution in [-0.4, -0.2) is 21.4 Å². The minimum Gasteiger partial charge on any atom is -0.347 e. The van der Waals surface area contributed by atoms with E-state index in [1.165, 1.54) is 13.1 Å². The number of hydrogen-bond donors (Lipinski definition) is 1. The molecule has 1 amide bonds. The van der Waals surface area contributed by atoms with Crippen molar-refractivity contribution >= 4 is 33.0 Å². The number of benzene rings is 2. The number of amides is 1. The van der Waals surface area contributed by atoms with Gasteiger partial charge in [-0.25, -0.2) is 12.8 Å². The largest absolute Gasteiger partial charge is 0.347 e. The molecule has 0 radical (unpaired) electrons. The maximum atomic E-state index is 13.8. The lowest BCUT2D eigenvalue weighted by atomic mass is 10.1. The maximum absolute atomic E-state index is 13.8. The van der Waals surface area contributed by atoms with E-state index in [0.717, 1.165) is 21.2 Å². The van der Waals surface area contributed by atoms with Gasteiger partial charge < -0.3 is 5.32 Å². The second kappa shape index (κ2) is 8.57. The maximum Gasteiger partial charge on any atom is 0.264 e. The van der Waals surface area contributed by atoms with Crippen molar-refractivity contribution in [1.82, 2.24) is 5.32 Å². The van der Waals surface area contributed by atoms with E-state index in [4.69, 9.17) is 0 Å². The van der Waals surface area contributed by atoms with Gasteiger partial charge >= 0.3 is 0 Å². The highest BCUT2D eigenvalue weighted by atomic mass is 32.2. The van der Waals surface area contributed by atoms with Crippen molar-refractivity contribution in [2.45, 2.75) is 32.2 Å². The molecule has 0 saturated carbocycles. The number of carbonyl (C=O) groups is 1. The Balaban J connectivity index is 1.88. The van der Waals surface area contributed by atoms with Gasteiger partial charge in [0.05, 0.1) is 10.6 Å². The van der Waals surface area contributed by atoms with E-state index in [-0.39, 0.29) is 22.0 Å². The van der Waals surface area contributed by atoms with Crippen LogP contribution in [0.2, 0.25) is 0 Å².